The molecule has 0 radical (unpaired) electrons. The van der Waals surface area contributed by atoms with Crippen LogP contribution in [-0.2, 0) is 11.3 Å². The van der Waals surface area contributed by atoms with Crippen molar-refractivity contribution in [2.45, 2.75) is 13.0 Å². The normalized spacial score (nSPS) is 18.1. The summed E-state index contributed by atoms with van der Waals surface area (Å²) in [7, 11) is 3.67. The molecule has 22 heavy (non-hydrogen) atoms. The predicted octanol–water partition coefficient (Wildman–Crippen LogP) is 1.74. The smallest absolute Gasteiger partial charge is 0.193 e. The minimum Gasteiger partial charge on any atom is -0.381 e. The molecule has 0 spiro atoms. The molecule has 1 aromatic rings. The molecule has 1 atom stereocenters. The van der Waals surface area contributed by atoms with E-state index < -0.39 is 0 Å². The van der Waals surface area contributed by atoms with Crippen LogP contribution >= 0.6 is 0 Å². The van der Waals surface area contributed by atoms with Crippen molar-refractivity contribution in [2.75, 3.05) is 33.9 Å². The van der Waals surface area contributed by atoms with Gasteiger partial charge in [0, 0.05) is 45.3 Å². The number of hydrogen-bond donors (Lipinski definition) is 1. The Balaban J connectivity index is 1.92. The molecule has 1 aromatic carbocycles. The Hall–Kier alpha value is -2.13. The molecule has 1 fully saturated rings. The number of aliphatic imine (C=N–C) groups is 1. The zero-order valence-electron chi connectivity index (χ0n) is 13.0. The molecule has 1 N–H and O–H groups in total. The highest BCUT2D eigenvalue weighted by Gasteiger charge is 2.19. The monoisotopic (exact) mass is 304 g/mol. The van der Waals surface area contributed by atoms with E-state index in [1.165, 1.54) is 6.07 Å². The third-order valence-corrected chi connectivity index (χ3v) is 3.75. The first-order chi connectivity index (χ1) is 10.6. The second kappa shape index (κ2) is 7.76. The fraction of sp³-hybridized carbons (Fsp3) is 0.500. The molecule has 118 valence electrons. The van der Waals surface area contributed by atoms with E-state index >= 15 is 0 Å². The van der Waals surface area contributed by atoms with Gasteiger partial charge < -0.3 is 15.0 Å². The molecule has 6 heteroatoms. The number of halogens is 1. The van der Waals surface area contributed by atoms with E-state index in [1.807, 2.05) is 18.0 Å². The maximum atomic E-state index is 13.9. The van der Waals surface area contributed by atoms with Gasteiger partial charge in [0.2, 0.25) is 0 Å². The Kier molecular flexibility index (Phi) is 5.73. The molecule has 1 aliphatic heterocycles. The topological polar surface area (TPSA) is 60.7 Å². The highest BCUT2D eigenvalue weighted by Crippen LogP contribution is 2.13. The highest BCUT2D eigenvalue weighted by atomic mass is 19.1. The van der Waals surface area contributed by atoms with Crippen molar-refractivity contribution in [3.63, 3.8) is 0 Å². The summed E-state index contributed by atoms with van der Waals surface area (Å²) in [6.45, 7) is 2.79. The van der Waals surface area contributed by atoms with E-state index in [0.29, 0.717) is 23.6 Å². The summed E-state index contributed by atoms with van der Waals surface area (Å²) in [6, 6.07) is 6.41. The van der Waals surface area contributed by atoms with Crippen LogP contribution in [0.15, 0.2) is 23.2 Å². The SMILES string of the molecule is CN=C(NCc1ccc(C#N)cc1F)N(C)CC1CCOC1. The molecule has 1 saturated heterocycles. The lowest BCUT2D eigenvalue weighted by Gasteiger charge is -2.24. The van der Waals surface area contributed by atoms with Crippen LogP contribution in [0.5, 0.6) is 0 Å². The van der Waals surface area contributed by atoms with Gasteiger partial charge in [-0.25, -0.2) is 4.39 Å². The minimum absolute atomic E-state index is 0.323. The van der Waals surface area contributed by atoms with Crippen LogP contribution in [-0.4, -0.2) is 44.7 Å². The van der Waals surface area contributed by atoms with E-state index in [2.05, 4.69) is 10.3 Å². The van der Waals surface area contributed by atoms with E-state index in [4.69, 9.17) is 10.00 Å². The van der Waals surface area contributed by atoms with E-state index in [-0.39, 0.29) is 5.82 Å². The number of nitrogens with zero attached hydrogens (tertiary/aromatic N) is 3. The number of rotatable bonds is 4. The van der Waals surface area contributed by atoms with Crippen molar-refractivity contribution in [1.82, 2.24) is 10.2 Å². The zero-order valence-corrected chi connectivity index (χ0v) is 13.0. The zero-order chi connectivity index (χ0) is 15.9. The van der Waals surface area contributed by atoms with Gasteiger partial charge in [-0.15, -0.1) is 0 Å². The number of ether oxygens (including phenoxy) is 1. The van der Waals surface area contributed by atoms with Crippen LogP contribution in [0.3, 0.4) is 0 Å². The predicted molar refractivity (Wildman–Crippen MR) is 82.9 cm³/mol. The Labute approximate surface area is 130 Å². The second-order valence-electron chi connectivity index (χ2n) is 5.43. The standard InChI is InChI=1S/C16H21FN4O/c1-19-16(21(2)10-13-5-6-22-11-13)20-9-14-4-3-12(8-18)7-15(14)17/h3-4,7,13H,5-6,9-11H2,1-2H3,(H,19,20). The van der Waals surface area contributed by atoms with E-state index in [9.17, 15) is 4.39 Å². The molecule has 1 heterocycles. The molecule has 5 nitrogen and oxygen atoms in total. The summed E-state index contributed by atoms with van der Waals surface area (Å²) in [5.74, 6) is 0.847. The lowest BCUT2D eigenvalue weighted by molar-refractivity contribution is 0.181. The molecular formula is C16H21FN4O. The lowest BCUT2D eigenvalue weighted by atomic mass is 10.1. The molecule has 1 aliphatic rings. The average molecular weight is 304 g/mol. The Morgan fingerprint density at radius 2 is 2.41 bits per heavy atom. The van der Waals surface area contributed by atoms with Crippen molar-refractivity contribution in [2.24, 2.45) is 10.9 Å². The fourth-order valence-electron chi connectivity index (χ4n) is 2.52. The molecule has 0 saturated carbocycles. The van der Waals surface area contributed by atoms with Gasteiger partial charge in [-0.2, -0.15) is 5.26 Å². The first-order valence-corrected chi connectivity index (χ1v) is 7.32. The second-order valence-corrected chi connectivity index (χ2v) is 5.43. The molecular weight excluding hydrogens is 283 g/mol. The number of hydrogen-bond acceptors (Lipinski definition) is 3. The largest absolute Gasteiger partial charge is 0.381 e. The maximum absolute atomic E-state index is 13.9. The van der Waals surface area contributed by atoms with Crippen molar-refractivity contribution >= 4 is 5.96 Å². The van der Waals surface area contributed by atoms with Crippen LogP contribution in [0.25, 0.3) is 0 Å². The van der Waals surface area contributed by atoms with Gasteiger partial charge in [0.25, 0.3) is 0 Å². The third-order valence-electron chi connectivity index (χ3n) is 3.75. The number of nitriles is 1. The van der Waals surface area contributed by atoms with Gasteiger partial charge in [-0.3, -0.25) is 4.99 Å². The summed E-state index contributed by atoms with van der Waals surface area (Å²) in [4.78, 5) is 6.25. The van der Waals surface area contributed by atoms with E-state index in [0.717, 1.165) is 32.1 Å². The first-order valence-electron chi connectivity index (χ1n) is 7.32. The molecule has 2 rings (SSSR count). The van der Waals surface area contributed by atoms with Gasteiger partial charge in [-0.05, 0) is 18.6 Å². The highest BCUT2D eigenvalue weighted by molar-refractivity contribution is 5.79. The Bertz CT molecular complexity index is 576. The number of benzene rings is 1. The van der Waals surface area contributed by atoms with Gasteiger partial charge in [0.1, 0.15) is 5.82 Å². The number of nitrogens with one attached hydrogen (secondary N) is 1. The molecule has 0 amide bonds. The maximum Gasteiger partial charge on any atom is 0.193 e. The summed E-state index contributed by atoms with van der Waals surface area (Å²) in [5.41, 5.74) is 0.835. The summed E-state index contributed by atoms with van der Waals surface area (Å²) in [5, 5.41) is 11.9. The Morgan fingerprint density at radius 1 is 1.59 bits per heavy atom. The lowest BCUT2D eigenvalue weighted by Crippen LogP contribution is -2.41. The molecule has 0 bridgehead atoms. The number of guanidine groups is 1. The van der Waals surface area contributed by atoms with Gasteiger partial charge in [-0.1, -0.05) is 6.07 Å². The van der Waals surface area contributed by atoms with E-state index in [1.54, 1.807) is 19.2 Å². The average Bonchev–Trinajstić information content (AvgIpc) is 3.02. The minimum atomic E-state index is -0.381. The van der Waals surface area contributed by atoms with Gasteiger partial charge in [0.05, 0.1) is 18.2 Å². The quantitative estimate of drug-likeness (QED) is 0.680. The van der Waals surface area contributed by atoms with Crippen molar-refractivity contribution in [1.29, 1.82) is 5.26 Å². The van der Waals surface area contributed by atoms with Crippen LogP contribution in [0.1, 0.15) is 17.5 Å². The molecule has 1 unspecified atom stereocenters. The van der Waals surface area contributed by atoms with Crippen molar-refractivity contribution < 1.29 is 9.13 Å². The molecule has 0 aromatic heterocycles. The van der Waals surface area contributed by atoms with Crippen molar-refractivity contribution in [3.8, 4) is 6.07 Å². The van der Waals surface area contributed by atoms with Crippen LogP contribution in [0, 0.1) is 23.1 Å². The molecule has 0 aliphatic carbocycles. The summed E-state index contributed by atoms with van der Waals surface area (Å²) < 4.78 is 19.2. The van der Waals surface area contributed by atoms with Crippen LogP contribution < -0.4 is 5.32 Å². The first kappa shape index (κ1) is 16.2. The van der Waals surface area contributed by atoms with Gasteiger partial charge in [0.15, 0.2) is 5.96 Å². The third kappa shape index (κ3) is 4.18. The van der Waals surface area contributed by atoms with Gasteiger partial charge >= 0.3 is 0 Å². The van der Waals surface area contributed by atoms with Crippen LogP contribution in [0.4, 0.5) is 4.39 Å². The Morgan fingerprint density at radius 3 is 3.00 bits per heavy atom. The summed E-state index contributed by atoms with van der Waals surface area (Å²) in [6.07, 6.45) is 1.06. The van der Waals surface area contributed by atoms with Crippen molar-refractivity contribution in [3.05, 3.63) is 35.1 Å². The van der Waals surface area contributed by atoms with Crippen LogP contribution in [0.2, 0.25) is 0 Å². The summed E-state index contributed by atoms with van der Waals surface area (Å²) >= 11 is 0. The fourth-order valence-corrected chi connectivity index (χ4v) is 2.52.